The van der Waals surface area contributed by atoms with Crippen molar-refractivity contribution in [2.24, 2.45) is 5.14 Å². The second-order valence-corrected chi connectivity index (χ2v) is 10.4. The first-order chi connectivity index (χ1) is 13.9. The normalized spacial score (nSPS) is 17.1. The summed E-state index contributed by atoms with van der Waals surface area (Å²) in [6.07, 6.45) is 1.36. The summed E-state index contributed by atoms with van der Waals surface area (Å²) in [5, 5.41) is 12.2. The zero-order valence-corrected chi connectivity index (χ0v) is 18.0. The predicted octanol–water partition coefficient (Wildman–Crippen LogP) is 3.43. The molecule has 29 heavy (non-hydrogen) atoms. The lowest BCUT2D eigenvalue weighted by atomic mass is 9.98. The summed E-state index contributed by atoms with van der Waals surface area (Å²) in [6, 6.07) is 12.5. The fraction of sp³-hybridized carbons (Fsp3) is 0.250. The summed E-state index contributed by atoms with van der Waals surface area (Å²) in [6.45, 7) is 1.57. The standard InChI is InChI=1S/C20H21N3O3S3/c21-29(25,26)15-5-3-14(4-6-15)22-19(24)8-11-23-10-7-17-16(9-13-28-17)20(23)18-2-1-12-27-18/h1-6,9,12-13,20H,7-8,10-11H2,(H,22,24)(H2,21,25,26)/t20-/m0/s1. The minimum atomic E-state index is -3.74. The molecule has 1 atom stereocenters. The fourth-order valence-electron chi connectivity index (χ4n) is 3.59. The van der Waals surface area contributed by atoms with E-state index >= 15 is 0 Å². The first kappa shape index (κ1) is 20.2. The molecule has 1 aliphatic rings. The van der Waals surface area contributed by atoms with E-state index < -0.39 is 10.0 Å². The highest BCUT2D eigenvalue weighted by atomic mass is 32.2. The maximum atomic E-state index is 12.4. The number of nitrogens with zero attached hydrogens (tertiary/aromatic N) is 1. The Hall–Kier alpha value is -2.04. The highest BCUT2D eigenvalue weighted by molar-refractivity contribution is 7.89. The molecule has 1 aliphatic heterocycles. The maximum Gasteiger partial charge on any atom is 0.238 e. The van der Waals surface area contributed by atoms with Gasteiger partial charge in [-0.05, 0) is 59.1 Å². The monoisotopic (exact) mass is 447 g/mol. The molecule has 0 saturated carbocycles. The first-order valence-corrected chi connectivity index (χ1v) is 12.5. The van der Waals surface area contributed by atoms with Gasteiger partial charge in [-0.1, -0.05) is 6.07 Å². The zero-order valence-electron chi connectivity index (χ0n) is 15.6. The Kier molecular flexibility index (Phi) is 5.84. The van der Waals surface area contributed by atoms with Crippen molar-refractivity contribution < 1.29 is 13.2 Å². The van der Waals surface area contributed by atoms with Crippen LogP contribution in [0.15, 0.2) is 58.1 Å². The van der Waals surface area contributed by atoms with Gasteiger partial charge in [0.15, 0.2) is 0 Å². The van der Waals surface area contributed by atoms with Crippen LogP contribution < -0.4 is 10.5 Å². The van der Waals surface area contributed by atoms with Crippen LogP contribution in [-0.2, 0) is 21.2 Å². The number of amides is 1. The highest BCUT2D eigenvalue weighted by Gasteiger charge is 2.30. The second-order valence-electron chi connectivity index (χ2n) is 6.87. The zero-order chi connectivity index (χ0) is 20.4. The van der Waals surface area contributed by atoms with Crippen molar-refractivity contribution in [3.63, 3.8) is 0 Å². The second kappa shape index (κ2) is 8.37. The molecule has 0 unspecified atom stereocenters. The number of nitrogens with one attached hydrogen (secondary N) is 1. The van der Waals surface area contributed by atoms with Gasteiger partial charge in [0.05, 0.1) is 10.9 Å². The van der Waals surface area contributed by atoms with Crippen molar-refractivity contribution in [3.05, 3.63) is 68.5 Å². The van der Waals surface area contributed by atoms with E-state index in [9.17, 15) is 13.2 Å². The summed E-state index contributed by atoms with van der Waals surface area (Å²) in [5.41, 5.74) is 1.90. The van der Waals surface area contributed by atoms with Crippen LogP contribution >= 0.6 is 22.7 Å². The smallest absolute Gasteiger partial charge is 0.238 e. The van der Waals surface area contributed by atoms with Crippen LogP contribution in [0.25, 0.3) is 0 Å². The quantitative estimate of drug-likeness (QED) is 0.605. The first-order valence-electron chi connectivity index (χ1n) is 9.18. The minimum absolute atomic E-state index is 0.0224. The van der Waals surface area contributed by atoms with E-state index in [2.05, 4.69) is 39.2 Å². The molecule has 152 valence electrons. The van der Waals surface area contributed by atoms with E-state index in [0.29, 0.717) is 18.7 Å². The third-order valence-corrected chi connectivity index (χ3v) is 7.82. The molecule has 2 aromatic heterocycles. The molecule has 1 aromatic carbocycles. The Morgan fingerprint density at radius 1 is 1.14 bits per heavy atom. The van der Waals surface area contributed by atoms with Crippen molar-refractivity contribution in [2.75, 3.05) is 18.4 Å². The molecule has 6 nitrogen and oxygen atoms in total. The van der Waals surface area contributed by atoms with E-state index in [1.165, 1.54) is 27.5 Å². The predicted molar refractivity (Wildman–Crippen MR) is 117 cm³/mol. The Labute approximate surface area is 178 Å². The summed E-state index contributed by atoms with van der Waals surface area (Å²) in [7, 11) is -3.74. The van der Waals surface area contributed by atoms with Gasteiger partial charge >= 0.3 is 0 Å². The molecule has 3 heterocycles. The van der Waals surface area contributed by atoms with Gasteiger partial charge in [0.25, 0.3) is 0 Å². The summed E-state index contributed by atoms with van der Waals surface area (Å²) < 4.78 is 22.7. The van der Waals surface area contributed by atoms with E-state index in [4.69, 9.17) is 5.14 Å². The number of fused-ring (bicyclic) bond motifs is 1. The number of rotatable bonds is 6. The molecule has 0 fully saturated rings. The van der Waals surface area contributed by atoms with E-state index in [1.807, 2.05) is 0 Å². The van der Waals surface area contributed by atoms with E-state index in [1.54, 1.807) is 34.8 Å². The molecule has 0 spiro atoms. The number of hydrogen-bond donors (Lipinski definition) is 2. The Morgan fingerprint density at radius 2 is 1.93 bits per heavy atom. The van der Waals surface area contributed by atoms with Gasteiger partial charge in [0.1, 0.15) is 0 Å². The van der Waals surface area contributed by atoms with Gasteiger partial charge < -0.3 is 5.32 Å². The van der Waals surface area contributed by atoms with Crippen LogP contribution in [-0.4, -0.2) is 32.3 Å². The number of sulfonamides is 1. The van der Waals surface area contributed by atoms with Crippen LogP contribution in [0.5, 0.6) is 0 Å². The maximum absolute atomic E-state index is 12.4. The van der Waals surface area contributed by atoms with Gasteiger partial charge in [-0.15, -0.1) is 22.7 Å². The molecule has 0 bridgehead atoms. The number of thiophene rings is 2. The number of carbonyl (C=O) groups is 1. The van der Waals surface area contributed by atoms with Crippen molar-refractivity contribution in [1.29, 1.82) is 0 Å². The third-order valence-electron chi connectivity index (χ3n) is 4.97. The molecular weight excluding hydrogens is 426 g/mol. The largest absolute Gasteiger partial charge is 0.326 e. The number of nitrogens with two attached hydrogens (primary N) is 1. The molecule has 4 rings (SSSR count). The van der Waals surface area contributed by atoms with Crippen molar-refractivity contribution in [3.8, 4) is 0 Å². The van der Waals surface area contributed by atoms with Crippen LogP contribution in [0.3, 0.4) is 0 Å². The van der Waals surface area contributed by atoms with Crippen LogP contribution in [0, 0.1) is 0 Å². The van der Waals surface area contributed by atoms with Gasteiger partial charge in [-0.2, -0.15) is 0 Å². The molecule has 3 N–H and O–H groups in total. The Bertz CT molecular complexity index is 1090. The SMILES string of the molecule is NS(=O)(=O)c1ccc(NC(=O)CCN2CCc3sccc3[C@H]2c2cccs2)cc1. The molecule has 1 amide bonds. The number of anilines is 1. The lowest BCUT2D eigenvalue weighted by Crippen LogP contribution is -2.37. The van der Waals surface area contributed by atoms with Gasteiger partial charge in [-0.3, -0.25) is 9.69 Å². The molecule has 3 aromatic rings. The number of benzene rings is 1. The van der Waals surface area contributed by atoms with Gasteiger partial charge in [-0.25, -0.2) is 13.6 Å². The lowest BCUT2D eigenvalue weighted by Gasteiger charge is -2.35. The Morgan fingerprint density at radius 3 is 2.62 bits per heavy atom. The van der Waals surface area contributed by atoms with Crippen molar-refractivity contribution >= 4 is 44.3 Å². The number of primary sulfonamides is 1. The highest BCUT2D eigenvalue weighted by Crippen LogP contribution is 2.39. The van der Waals surface area contributed by atoms with Gasteiger partial charge in [0, 0.05) is 35.0 Å². The van der Waals surface area contributed by atoms with Gasteiger partial charge in [0.2, 0.25) is 15.9 Å². The minimum Gasteiger partial charge on any atom is -0.326 e. The number of hydrogen-bond acceptors (Lipinski definition) is 6. The van der Waals surface area contributed by atoms with Crippen molar-refractivity contribution in [1.82, 2.24) is 4.90 Å². The topological polar surface area (TPSA) is 92.5 Å². The third kappa shape index (κ3) is 4.59. The average molecular weight is 448 g/mol. The summed E-state index contributed by atoms with van der Waals surface area (Å²) in [4.78, 5) is 17.6. The molecule has 0 aliphatic carbocycles. The van der Waals surface area contributed by atoms with Crippen molar-refractivity contribution in [2.45, 2.75) is 23.8 Å². The molecular formula is C20H21N3O3S3. The number of carbonyl (C=O) groups excluding carboxylic acids is 1. The van der Waals surface area contributed by atoms with E-state index in [0.717, 1.165) is 13.0 Å². The summed E-state index contributed by atoms with van der Waals surface area (Å²) in [5.74, 6) is -0.102. The average Bonchev–Trinajstić information content (AvgIpc) is 3.37. The summed E-state index contributed by atoms with van der Waals surface area (Å²) >= 11 is 3.55. The Balaban J connectivity index is 1.41. The van der Waals surface area contributed by atoms with E-state index in [-0.39, 0.29) is 16.8 Å². The van der Waals surface area contributed by atoms with Crippen LogP contribution in [0.2, 0.25) is 0 Å². The molecule has 9 heteroatoms. The molecule has 0 saturated heterocycles. The van der Waals surface area contributed by atoms with Crippen LogP contribution in [0.1, 0.15) is 27.8 Å². The molecule has 0 radical (unpaired) electrons. The lowest BCUT2D eigenvalue weighted by molar-refractivity contribution is -0.116. The fourth-order valence-corrected chi connectivity index (χ4v) is 5.88. The van der Waals surface area contributed by atoms with Crippen LogP contribution in [0.4, 0.5) is 5.69 Å².